The van der Waals surface area contributed by atoms with Gasteiger partial charge in [0.15, 0.2) is 0 Å². The van der Waals surface area contributed by atoms with Gasteiger partial charge in [-0.15, -0.1) is 11.6 Å². The van der Waals surface area contributed by atoms with Crippen molar-refractivity contribution in [1.82, 2.24) is 15.1 Å². The molecule has 0 saturated heterocycles. The number of hydrogen-bond acceptors (Lipinski definition) is 4. The second-order valence-corrected chi connectivity index (χ2v) is 3.49. The molecule has 0 N–H and O–H groups in total. The molecule has 2 aromatic heterocycles. The number of rotatable bonds is 3. The van der Waals surface area contributed by atoms with Crippen LogP contribution in [-0.2, 0) is 6.42 Å². The lowest BCUT2D eigenvalue weighted by Crippen LogP contribution is -1.89. The molecule has 0 aromatic carbocycles. The summed E-state index contributed by atoms with van der Waals surface area (Å²) in [7, 11) is 0. The number of halogens is 1. The lowest BCUT2D eigenvalue weighted by Gasteiger charge is -1.94. The van der Waals surface area contributed by atoms with Gasteiger partial charge in [0, 0.05) is 18.0 Å². The van der Waals surface area contributed by atoms with Crippen LogP contribution in [-0.4, -0.2) is 21.0 Å². The molecule has 2 heterocycles. The smallest absolute Gasteiger partial charge is 0.228 e. The van der Waals surface area contributed by atoms with E-state index in [4.69, 9.17) is 16.1 Å². The van der Waals surface area contributed by atoms with E-state index in [-0.39, 0.29) is 0 Å². The molecule has 0 unspecified atom stereocenters. The zero-order valence-electron chi connectivity index (χ0n) is 8.27. The third-order valence-electron chi connectivity index (χ3n) is 1.89. The van der Waals surface area contributed by atoms with E-state index in [2.05, 4.69) is 15.1 Å². The van der Waals surface area contributed by atoms with Crippen molar-refractivity contribution in [3.05, 3.63) is 29.8 Å². The molecule has 0 atom stereocenters. The fourth-order valence-electron chi connectivity index (χ4n) is 1.21. The standard InChI is InChI=1S/C10H10ClN3O/c1-7-3-2-4-8(12-7)10-13-9(5-6-11)15-14-10/h2-4H,5-6H2,1H3. The molecule has 0 saturated carbocycles. The van der Waals surface area contributed by atoms with Crippen LogP contribution in [0.5, 0.6) is 0 Å². The summed E-state index contributed by atoms with van der Waals surface area (Å²) in [4.78, 5) is 8.49. The summed E-state index contributed by atoms with van der Waals surface area (Å²) in [6.07, 6.45) is 0.584. The Morgan fingerprint density at radius 3 is 2.93 bits per heavy atom. The zero-order chi connectivity index (χ0) is 10.7. The normalized spacial score (nSPS) is 10.5. The maximum Gasteiger partial charge on any atom is 0.228 e. The predicted molar refractivity (Wildman–Crippen MR) is 56.7 cm³/mol. The molecule has 5 heteroatoms. The molecule has 0 radical (unpaired) electrons. The SMILES string of the molecule is Cc1cccc(-c2noc(CCCl)n2)n1. The van der Waals surface area contributed by atoms with Crippen LogP contribution < -0.4 is 0 Å². The van der Waals surface area contributed by atoms with Crippen molar-refractivity contribution >= 4 is 11.6 Å². The van der Waals surface area contributed by atoms with Gasteiger partial charge in [-0.2, -0.15) is 4.98 Å². The minimum absolute atomic E-state index is 0.475. The first-order valence-corrected chi connectivity index (χ1v) is 5.15. The van der Waals surface area contributed by atoms with E-state index >= 15 is 0 Å². The van der Waals surface area contributed by atoms with Gasteiger partial charge in [0.2, 0.25) is 11.7 Å². The maximum absolute atomic E-state index is 5.57. The van der Waals surface area contributed by atoms with Gasteiger partial charge in [-0.25, -0.2) is 4.98 Å². The number of hydrogen-bond donors (Lipinski definition) is 0. The predicted octanol–water partition coefficient (Wildman–Crippen LogP) is 2.22. The average Bonchev–Trinajstić information content (AvgIpc) is 2.67. The third kappa shape index (κ3) is 2.33. The number of nitrogens with zero attached hydrogens (tertiary/aromatic N) is 3. The maximum atomic E-state index is 5.57. The van der Waals surface area contributed by atoms with Gasteiger partial charge in [-0.3, -0.25) is 0 Å². The molecule has 2 rings (SSSR count). The van der Waals surface area contributed by atoms with Crippen LogP contribution in [0.1, 0.15) is 11.6 Å². The van der Waals surface area contributed by atoms with E-state index in [1.807, 2.05) is 25.1 Å². The lowest BCUT2D eigenvalue weighted by molar-refractivity contribution is 0.383. The summed E-state index contributed by atoms with van der Waals surface area (Å²) in [6.45, 7) is 1.92. The van der Waals surface area contributed by atoms with Gasteiger partial charge in [0.05, 0.1) is 0 Å². The lowest BCUT2D eigenvalue weighted by atomic mass is 10.3. The average molecular weight is 224 g/mol. The molecule has 0 spiro atoms. The monoisotopic (exact) mass is 223 g/mol. The molecule has 0 aliphatic heterocycles. The highest BCUT2D eigenvalue weighted by Crippen LogP contribution is 2.13. The molecule has 4 nitrogen and oxygen atoms in total. The zero-order valence-corrected chi connectivity index (χ0v) is 9.03. The molecule has 15 heavy (non-hydrogen) atoms. The Hall–Kier alpha value is -1.42. The molecule has 0 bridgehead atoms. The van der Waals surface area contributed by atoms with E-state index in [0.717, 1.165) is 11.4 Å². The Bertz CT molecular complexity index is 455. The highest BCUT2D eigenvalue weighted by Gasteiger charge is 2.08. The van der Waals surface area contributed by atoms with Crippen molar-refractivity contribution in [3.63, 3.8) is 0 Å². The first kappa shape index (κ1) is 10.1. The van der Waals surface area contributed by atoms with E-state index in [1.165, 1.54) is 0 Å². The van der Waals surface area contributed by atoms with Crippen molar-refractivity contribution in [2.24, 2.45) is 0 Å². The van der Waals surface area contributed by atoms with Gasteiger partial charge in [-0.05, 0) is 19.1 Å². The summed E-state index contributed by atoms with van der Waals surface area (Å²) in [5, 5.41) is 3.84. The Balaban J connectivity index is 2.29. The van der Waals surface area contributed by atoms with Crippen molar-refractivity contribution in [2.75, 3.05) is 5.88 Å². The second kappa shape index (κ2) is 4.40. The fourth-order valence-corrected chi connectivity index (χ4v) is 1.37. The van der Waals surface area contributed by atoms with E-state index in [0.29, 0.717) is 24.0 Å². The molecular formula is C10H10ClN3O. The van der Waals surface area contributed by atoms with Crippen LogP contribution in [0.25, 0.3) is 11.5 Å². The molecule has 0 fully saturated rings. The number of aryl methyl sites for hydroxylation is 2. The molecule has 0 aliphatic carbocycles. The number of alkyl halides is 1. The first-order valence-electron chi connectivity index (χ1n) is 4.62. The van der Waals surface area contributed by atoms with Crippen LogP contribution in [0, 0.1) is 6.92 Å². The van der Waals surface area contributed by atoms with Gasteiger partial charge in [0.25, 0.3) is 0 Å². The van der Waals surface area contributed by atoms with Crippen LogP contribution >= 0.6 is 11.6 Å². The molecule has 0 amide bonds. The summed E-state index contributed by atoms with van der Waals surface area (Å²) in [5.41, 5.74) is 1.65. The summed E-state index contributed by atoms with van der Waals surface area (Å²) >= 11 is 5.57. The number of aromatic nitrogens is 3. The minimum atomic E-state index is 0.475. The van der Waals surface area contributed by atoms with E-state index < -0.39 is 0 Å². The second-order valence-electron chi connectivity index (χ2n) is 3.11. The molecule has 2 aromatic rings. The quantitative estimate of drug-likeness (QED) is 0.749. The van der Waals surface area contributed by atoms with Crippen LogP contribution in [0.2, 0.25) is 0 Å². The Kier molecular flexibility index (Phi) is 2.97. The minimum Gasteiger partial charge on any atom is -0.339 e. The molecular weight excluding hydrogens is 214 g/mol. The van der Waals surface area contributed by atoms with Gasteiger partial charge in [0.1, 0.15) is 5.69 Å². The summed E-state index contributed by atoms with van der Waals surface area (Å²) in [6, 6.07) is 5.68. The Morgan fingerprint density at radius 2 is 2.20 bits per heavy atom. The van der Waals surface area contributed by atoms with Crippen molar-refractivity contribution < 1.29 is 4.52 Å². The Morgan fingerprint density at radius 1 is 1.33 bits per heavy atom. The topological polar surface area (TPSA) is 51.8 Å². The van der Waals surface area contributed by atoms with Gasteiger partial charge >= 0.3 is 0 Å². The first-order chi connectivity index (χ1) is 7.29. The largest absolute Gasteiger partial charge is 0.339 e. The fraction of sp³-hybridized carbons (Fsp3) is 0.300. The van der Waals surface area contributed by atoms with Crippen molar-refractivity contribution in [2.45, 2.75) is 13.3 Å². The Labute approximate surface area is 92.3 Å². The van der Waals surface area contributed by atoms with Crippen molar-refractivity contribution in [1.29, 1.82) is 0 Å². The van der Waals surface area contributed by atoms with Crippen molar-refractivity contribution in [3.8, 4) is 11.5 Å². The van der Waals surface area contributed by atoms with Crippen LogP contribution in [0.4, 0.5) is 0 Å². The molecule has 0 aliphatic rings. The summed E-state index contributed by atoms with van der Waals surface area (Å²) < 4.78 is 5.01. The molecule has 78 valence electrons. The number of pyridine rings is 1. The van der Waals surface area contributed by atoms with Crippen LogP contribution in [0.15, 0.2) is 22.7 Å². The van der Waals surface area contributed by atoms with Gasteiger partial charge < -0.3 is 4.52 Å². The van der Waals surface area contributed by atoms with Gasteiger partial charge in [-0.1, -0.05) is 11.2 Å². The third-order valence-corrected chi connectivity index (χ3v) is 2.08. The highest BCUT2D eigenvalue weighted by molar-refractivity contribution is 6.17. The van der Waals surface area contributed by atoms with Crippen LogP contribution in [0.3, 0.4) is 0 Å². The summed E-state index contributed by atoms with van der Waals surface area (Å²) in [5.74, 6) is 1.53. The highest BCUT2D eigenvalue weighted by atomic mass is 35.5. The van der Waals surface area contributed by atoms with E-state index in [1.54, 1.807) is 0 Å². The van der Waals surface area contributed by atoms with E-state index in [9.17, 15) is 0 Å².